The van der Waals surface area contributed by atoms with Crippen molar-refractivity contribution in [1.82, 2.24) is 0 Å². The molecule has 1 fully saturated rings. The van der Waals surface area contributed by atoms with Crippen LogP contribution < -0.4 is 9.62 Å². The van der Waals surface area contributed by atoms with E-state index in [9.17, 15) is 17.6 Å². The van der Waals surface area contributed by atoms with Gasteiger partial charge in [0.25, 0.3) is 10.0 Å². The topological polar surface area (TPSA) is 66.5 Å². The number of nitrogens with zero attached hydrogens (tertiary/aromatic N) is 1. The minimum Gasteiger partial charge on any atom is -0.312 e. The predicted octanol–water partition coefficient (Wildman–Crippen LogP) is 3.14. The van der Waals surface area contributed by atoms with Gasteiger partial charge >= 0.3 is 0 Å². The van der Waals surface area contributed by atoms with Crippen LogP contribution in [0.4, 0.5) is 15.8 Å². The van der Waals surface area contributed by atoms with Crippen LogP contribution in [0, 0.1) is 5.82 Å². The van der Waals surface area contributed by atoms with Gasteiger partial charge in [-0.05, 0) is 55.3 Å². The summed E-state index contributed by atoms with van der Waals surface area (Å²) in [6, 6.07) is 11.4. The fourth-order valence-corrected chi connectivity index (χ4v) is 3.73. The minimum absolute atomic E-state index is 0.0781. The van der Waals surface area contributed by atoms with Crippen molar-refractivity contribution in [2.75, 3.05) is 16.2 Å². The first-order valence-electron chi connectivity index (χ1n) is 7.64. The van der Waals surface area contributed by atoms with E-state index < -0.39 is 15.8 Å². The van der Waals surface area contributed by atoms with E-state index in [1.807, 2.05) is 0 Å². The van der Waals surface area contributed by atoms with Crippen molar-refractivity contribution in [1.29, 1.82) is 0 Å². The second-order valence-electron chi connectivity index (χ2n) is 5.61. The van der Waals surface area contributed by atoms with Gasteiger partial charge in [0.1, 0.15) is 5.82 Å². The summed E-state index contributed by atoms with van der Waals surface area (Å²) in [5, 5.41) is 0. The van der Waals surface area contributed by atoms with Gasteiger partial charge in [0.05, 0.1) is 4.90 Å². The number of amides is 1. The van der Waals surface area contributed by atoms with Gasteiger partial charge in [-0.15, -0.1) is 0 Å². The Morgan fingerprint density at radius 2 is 1.79 bits per heavy atom. The van der Waals surface area contributed by atoms with E-state index in [0.717, 1.165) is 24.6 Å². The molecule has 0 atom stereocenters. The fourth-order valence-electron chi connectivity index (χ4n) is 2.64. The zero-order valence-corrected chi connectivity index (χ0v) is 13.7. The van der Waals surface area contributed by atoms with E-state index in [0.29, 0.717) is 18.7 Å². The number of rotatable bonds is 4. The molecule has 0 aromatic heterocycles. The van der Waals surface area contributed by atoms with Crippen molar-refractivity contribution in [3.63, 3.8) is 0 Å². The third-order valence-corrected chi connectivity index (χ3v) is 5.24. The Kier molecular flexibility index (Phi) is 4.53. The Morgan fingerprint density at radius 1 is 1.04 bits per heavy atom. The van der Waals surface area contributed by atoms with Crippen LogP contribution >= 0.6 is 0 Å². The standard InChI is InChI=1S/C17H17FN2O3S/c18-13-4-3-5-16(12-13)24(22,23)19-14-7-9-15(10-8-14)20-11-2-1-6-17(20)21/h3-5,7-10,12,19H,1-2,6,11H2. The summed E-state index contributed by atoms with van der Waals surface area (Å²) in [6.07, 6.45) is 2.40. The zero-order chi connectivity index (χ0) is 17.2. The van der Waals surface area contributed by atoms with Crippen molar-refractivity contribution in [2.45, 2.75) is 24.2 Å². The highest BCUT2D eigenvalue weighted by atomic mass is 32.2. The quantitative estimate of drug-likeness (QED) is 0.923. The third kappa shape index (κ3) is 3.56. The van der Waals surface area contributed by atoms with Crippen LogP contribution in [0.5, 0.6) is 0 Å². The van der Waals surface area contributed by atoms with Gasteiger partial charge in [0.15, 0.2) is 0 Å². The Balaban J connectivity index is 1.77. The van der Waals surface area contributed by atoms with E-state index >= 15 is 0 Å². The van der Waals surface area contributed by atoms with Gasteiger partial charge in [-0.25, -0.2) is 12.8 Å². The van der Waals surface area contributed by atoms with Crippen molar-refractivity contribution in [3.05, 3.63) is 54.3 Å². The number of benzene rings is 2. The number of sulfonamides is 1. The molecule has 1 aliphatic heterocycles. The van der Waals surface area contributed by atoms with Crippen LogP contribution in [0.25, 0.3) is 0 Å². The van der Waals surface area contributed by atoms with Gasteiger partial charge in [-0.2, -0.15) is 0 Å². The number of hydrogen-bond acceptors (Lipinski definition) is 3. The smallest absolute Gasteiger partial charge is 0.261 e. The van der Waals surface area contributed by atoms with E-state index in [-0.39, 0.29) is 10.8 Å². The molecule has 0 unspecified atom stereocenters. The van der Waals surface area contributed by atoms with E-state index in [2.05, 4.69) is 4.72 Å². The second kappa shape index (κ2) is 6.60. The molecule has 1 aliphatic rings. The normalized spacial score (nSPS) is 15.4. The summed E-state index contributed by atoms with van der Waals surface area (Å²) in [5.41, 5.74) is 1.10. The monoisotopic (exact) mass is 348 g/mol. The molecule has 2 aromatic carbocycles. The summed E-state index contributed by atoms with van der Waals surface area (Å²) in [4.78, 5) is 13.5. The van der Waals surface area contributed by atoms with Crippen molar-refractivity contribution >= 4 is 27.3 Å². The minimum atomic E-state index is -3.85. The molecule has 126 valence electrons. The number of anilines is 2. The molecular weight excluding hydrogens is 331 g/mol. The van der Waals surface area contributed by atoms with Crippen LogP contribution in [0.3, 0.4) is 0 Å². The van der Waals surface area contributed by atoms with Crippen LogP contribution in [0.1, 0.15) is 19.3 Å². The number of carbonyl (C=O) groups excluding carboxylic acids is 1. The van der Waals surface area contributed by atoms with Crippen molar-refractivity contribution < 1.29 is 17.6 Å². The average molecular weight is 348 g/mol. The molecule has 0 bridgehead atoms. The first kappa shape index (κ1) is 16.4. The van der Waals surface area contributed by atoms with Gasteiger partial charge in [-0.3, -0.25) is 9.52 Å². The van der Waals surface area contributed by atoms with Crippen LogP contribution in [-0.2, 0) is 14.8 Å². The maximum Gasteiger partial charge on any atom is 0.261 e. The van der Waals surface area contributed by atoms with Crippen molar-refractivity contribution in [3.8, 4) is 0 Å². The lowest BCUT2D eigenvalue weighted by atomic mass is 10.1. The SMILES string of the molecule is O=C1CCCCN1c1ccc(NS(=O)(=O)c2cccc(F)c2)cc1. The Morgan fingerprint density at radius 3 is 2.46 bits per heavy atom. The Bertz CT molecular complexity index is 850. The highest BCUT2D eigenvalue weighted by Gasteiger charge is 2.20. The van der Waals surface area contributed by atoms with Gasteiger partial charge in [-0.1, -0.05) is 6.07 Å². The largest absolute Gasteiger partial charge is 0.312 e. The number of carbonyl (C=O) groups is 1. The summed E-state index contributed by atoms with van der Waals surface area (Å²) < 4.78 is 40.1. The van der Waals surface area contributed by atoms with Crippen LogP contribution in [0.15, 0.2) is 53.4 Å². The lowest BCUT2D eigenvalue weighted by molar-refractivity contribution is -0.119. The molecule has 7 heteroatoms. The summed E-state index contributed by atoms with van der Waals surface area (Å²) in [7, 11) is -3.85. The summed E-state index contributed by atoms with van der Waals surface area (Å²) >= 11 is 0. The Hall–Kier alpha value is -2.41. The molecule has 2 aromatic rings. The molecule has 0 spiro atoms. The predicted molar refractivity (Wildman–Crippen MR) is 89.9 cm³/mol. The number of hydrogen-bond donors (Lipinski definition) is 1. The third-order valence-electron chi connectivity index (χ3n) is 3.86. The number of halogens is 1. The number of nitrogens with one attached hydrogen (secondary N) is 1. The molecule has 1 saturated heterocycles. The molecule has 0 saturated carbocycles. The first-order valence-corrected chi connectivity index (χ1v) is 9.13. The van der Waals surface area contributed by atoms with E-state index in [1.165, 1.54) is 18.2 Å². The highest BCUT2D eigenvalue weighted by molar-refractivity contribution is 7.92. The van der Waals surface area contributed by atoms with Crippen molar-refractivity contribution in [2.24, 2.45) is 0 Å². The molecular formula is C17H17FN2O3S. The van der Waals surface area contributed by atoms with Crippen LogP contribution in [-0.4, -0.2) is 20.9 Å². The summed E-state index contributed by atoms with van der Waals surface area (Å²) in [5.74, 6) is -0.536. The van der Waals surface area contributed by atoms with Crippen LogP contribution in [0.2, 0.25) is 0 Å². The molecule has 3 rings (SSSR count). The molecule has 24 heavy (non-hydrogen) atoms. The lowest BCUT2D eigenvalue weighted by Gasteiger charge is -2.26. The molecule has 1 heterocycles. The van der Waals surface area contributed by atoms with Gasteiger partial charge in [0.2, 0.25) is 5.91 Å². The number of piperidine rings is 1. The zero-order valence-electron chi connectivity index (χ0n) is 12.9. The average Bonchev–Trinajstić information content (AvgIpc) is 2.56. The van der Waals surface area contributed by atoms with E-state index in [1.54, 1.807) is 29.2 Å². The molecule has 5 nitrogen and oxygen atoms in total. The first-order chi connectivity index (χ1) is 11.5. The highest BCUT2D eigenvalue weighted by Crippen LogP contribution is 2.24. The maximum atomic E-state index is 13.2. The molecule has 0 aliphatic carbocycles. The fraction of sp³-hybridized carbons (Fsp3) is 0.235. The second-order valence-corrected chi connectivity index (χ2v) is 7.29. The molecule has 0 radical (unpaired) electrons. The van der Waals surface area contributed by atoms with Gasteiger partial charge in [0, 0.05) is 24.3 Å². The lowest BCUT2D eigenvalue weighted by Crippen LogP contribution is -2.35. The summed E-state index contributed by atoms with van der Waals surface area (Å²) in [6.45, 7) is 0.674. The molecule has 1 amide bonds. The van der Waals surface area contributed by atoms with E-state index in [4.69, 9.17) is 0 Å². The maximum absolute atomic E-state index is 13.2. The Labute approximate surface area is 140 Å². The molecule has 1 N–H and O–H groups in total. The van der Waals surface area contributed by atoms with Gasteiger partial charge < -0.3 is 4.90 Å².